The molecule has 0 aliphatic rings. The van der Waals surface area contributed by atoms with Crippen LogP contribution >= 0.6 is 11.6 Å². The van der Waals surface area contributed by atoms with E-state index < -0.39 is 24.6 Å². The number of aromatic nitrogens is 4. The highest BCUT2D eigenvalue weighted by Gasteiger charge is 2.26. The second-order valence-electron chi connectivity index (χ2n) is 6.00. The predicted octanol–water partition coefficient (Wildman–Crippen LogP) is 3.61. The minimum absolute atomic E-state index is 0.128. The molecule has 1 atom stereocenters. The number of rotatable bonds is 6. The van der Waals surface area contributed by atoms with Crippen LogP contribution in [0.25, 0.3) is 5.65 Å². The number of imidazole rings is 1. The van der Waals surface area contributed by atoms with Crippen LogP contribution in [-0.4, -0.2) is 39.3 Å². The third-order valence-electron chi connectivity index (χ3n) is 4.10. The summed E-state index contributed by atoms with van der Waals surface area (Å²) in [6.07, 6.45) is 3.79. The number of amides is 2. The van der Waals surface area contributed by atoms with Gasteiger partial charge in [-0.2, -0.15) is 13.9 Å². The summed E-state index contributed by atoms with van der Waals surface area (Å²) in [6, 6.07) is 0.364. The molecule has 0 saturated heterocycles. The fraction of sp³-hybridized carbons (Fsp3) is 0.294. The van der Waals surface area contributed by atoms with Crippen molar-refractivity contribution in [2.75, 3.05) is 12.0 Å². The zero-order chi connectivity index (χ0) is 21.3. The number of carbonyl (C=O) groups excluding carboxylic acids is 1. The van der Waals surface area contributed by atoms with E-state index in [0.29, 0.717) is 16.9 Å². The van der Waals surface area contributed by atoms with Crippen LogP contribution in [0.4, 0.5) is 25.0 Å². The van der Waals surface area contributed by atoms with E-state index >= 15 is 0 Å². The van der Waals surface area contributed by atoms with Gasteiger partial charge < -0.3 is 15.2 Å². The number of ether oxygens (including phenoxy) is 2. The van der Waals surface area contributed by atoms with Gasteiger partial charge in [-0.05, 0) is 19.9 Å². The zero-order valence-corrected chi connectivity index (χ0v) is 16.4. The first-order chi connectivity index (χ1) is 13.7. The first kappa shape index (κ1) is 20.7. The van der Waals surface area contributed by atoms with E-state index in [4.69, 9.17) is 22.1 Å². The number of methoxy groups -OCH3 is 1. The predicted molar refractivity (Wildman–Crippen MR) is 101 cm³/mol. The normalized spacial score (nSPS) is 12.4. The number of aryl methyl sites for hydroxylation is 1. The summed E-state index contributed by atoms with van der Waals surface area (Å²) in [5.74, 6) is -0.474. The van der Waals surface area contributed by atoms with Crippen molar-refractivity contribution in [3.05, 3.63) is 40.9 Å². The van der Waals surface area contributed by atoms with Crippen molar-refractivity contribution in [2.24, 2.45) is 5.73 Å². The Morgan fingerprint density at radius 1 is 1.38 bits per heavy atom. The molecule has 12 heteroatoms. The Bertz CT molecular complexity index is 1060. The van der Waals surface area contributed by atoms with E-state index in [1.165, 1.54) is 19.4 Å². The molecule has 2 amide bonds. The molecule has 0 spiro atoms. The first-order valence-electron chi connectivity index (χ1n) is 8.30. The van der Waals surface area contributed by atoms with Gasteiger partial charge in [-0.3, -0.25) is 4.90 Å². The lowest BCUT2D eigenvalue weighted by Crippen LogP contribution is -2.33. The number of nitrogens with two attached hydrogens (primary N) is 1. The fourth-order valence-corrected chi connectivity index (χ4v) is 3.04. The molecule has 3 aromatic heterocycles. The number of fused-ring (bicyclic) bond motifs is 1. The molecule has 0 bridgehead atoms. The van der Waals surface area contributed by atoms with Gasteiger partial charge in [0.25, 0.3) is 0 Å². The maximum atomic E-state index is 12.4. The van der Waals surface area contributed by atoms with Gasteiger partial charge in [-0.15, -0.1) is 0 Å². The molecular formula is C17H17ClF2N6O3. The summed E-state index contributed by atoms with van der Waals surface area (Å²) in [6.45, 7) is 0.474. The van der Waals surface area contributed by atoms with Gasteiger partial charge in [0.15, 0.2) is 5.65 Å². The largest absolute Gasteiger partial charge is 0.415 e. The van der Waals surface area contributed by atoms with Crippen LogP contribution in [0.2, 0.25) is 5.02 Å². The molecule has 1 unspecified atom stereocenters. The van der Waals surface area contributed by atoms with E-state index in [0.717, 1.165) is 11.1 Å². The quantitative estimate of drug-likeness (QED) is 0.645. The van der Waals surface area contributed by atoms with Crippen molar-refractivity contribution in [1.29, 1.82) is 0 Å². The first-order valence-corrected chi connectivity index (χ1v) is 8.68. The third kappa shape index (κ3) is 4.05. The number of nitrogens with zero attached hydrogens (tertiary/aromatic N) is 5. The number of hydrogen-bond acceptors (Lipinski definition) is 6. The number of alkyl halides is 2. The molecule has 3 heterocycles. The van der Waals surface area contributed by atoms with Crippen molar-refractivity contribution >= 4 is 34.7 Å². The number of pyridine rings is 1. The van der Waals surface area contributed by atoms with Crippen molar-refractivity contribution in [3.8, 4) is 5.88 Å². The van der Waals surface area contributed by atoms with Gasteiger partial charge in [-0.25, -0.2) is 19.3 Å². The van der Waals surface area contributed by atoms with E-state index in [-0.39, 0.29) is 16.4 Å². The van der Waals surface area contributed by atoms with Gasteiger partial charge in [0.1, 0.15) is 5.02 Å². The number of hydrogen-bond donors (Lipinski definition) is 1. The molecule has 3 rings (SSSR count). The Balaban J connectivity index is 2.19. The molecule has 3 aromatic rings. The standard InChI is InChI=1S/C17H17ClF2N6O3/c1-8-7-25-14(24-8)13(9(2)28-3)12(6-23-25)26(17(21)27)10-4-11(18)15(22-5-10)29-16(19)20/h4-7,9,16H,1-3H3,(H2,21,27). The van der Waals surface area contributed by atoms with Crippen molar-refractivity contribution in [2.45, 2.75) is 26.6 Å². The lowest BCUT2D eigenvalue weighted by atomic mass is 10.1. The van der Waals surface area contributed by atoms with Crippen LogP contribution in [0.1, 0.15) is 24.3 Å². The van der Waals surface area contributed by atoms with Gasteiger partial charge in [0.05, 0.1) is 47.3 Å². The number of halogens is 3. The fourth-order valence-electron chi connectivity index (χ4n) is 2.84. The van der Waals surface area contributed by atoms with Crippen LogP contribution in [0.15, 0.2) is 24.7 Å². The molecule has 2 N–H and O–H groups in total. The van der Waals surface area contributed by atoms with Gasteiger partial charge >= 0.3 is 12.6 Å². The zero-order valence-electron chi connectivity index (χ0n) is 15.6. The van der Waals surface area contributed by atoms with Crippen LogP contribution in [-0.2, 0) is 4.74 Å². The maximum Gasteiger partial charge on any atom is 0.388 e. The summed E-state index contributed by atoms with van der Waals surface area (Å²) >= 11 is 5.98. The van der Waals surface area contributed by atoms with E-state index in [2.05, 4.69) is 19.8 Å². The van der Waals surface area contributed by atoms with Crippen LogP contribution in [0, 0.1) is 6.92 Å². The maximum absolute atomic E-state index is 12.4. The van der Waals surface area contributed by atoms with E-state index in [1.54, 1.807) is 24.6 Å². The second kappa shape index (κ2) is 8.13. The van der Waals surface area contributed by atoms with Crippen molar-refractivity contribution < 1.29 is 23.0 Å². The Hall–Kier alpha value is -3.05. The summed E-state index contributed by atoms with van der Waals surface area (Å²) in [5.41, 5.74) is 7.73. The molecule has 0 aromatic carbocycles. The second-order valence-corrected chi connectivity index (χ2v) is 6.41. The molecule has 0 aliphatic carbocycles. The highest BCUT2D eigenvalue weighted by molar-refractivity contribution is 6.32. The monoisotopic (exact) mass is 426 g/mol. The molecule has 0 saturated carbocycles. The lowest BCUT2D eigenvalue weighted by Gasteiger charge is -2.25. The van der Waals surface area contributed by atoms with Crippen molar-refractivity contribution in [3.63, 3.8) is 0 Å². The van der Waals surface area contributed by atoms with Gasteiger partial charge in [-0.1, -0.05) is 11.6 Å². The minimum atomic E-state index is -3.09. The average molecular weight is 427 g/mol. The minimum Gasteiger partial charge on any atom is -0.415 e. The Morgan fingerprint density at radius 3 is 2.69 bits per heavy atom. The summed E-state index contributed by atoms with van der Waals surface area (Å²) in [7, 11) is 1.50. The Labute approximate surface area is 169 Å². The number of primary amides is 1. The van der Waals surface area contributed by atoms with Crippen LogP contribution < -0.4 is 15.4 Å². The molecule has 9 nitrogen and oxygen atoms in total. The number of anilines is 2. The molecular weight excluding hydrogens is 410 g/mol. The van der Waals surface area contributed by atoms with Gasteiger partial charge in [0.2, 0.25) is 5.88 Å². The van der Waals surface area contributed by atoms with E-state index in [1.807, 2.05) is 0 Å². The van der Waals surface area contributed by atoms with Crippen LogP contribution in [0.3, 0.4) is 0 Å². The number of urea groups is 1. The topological polar surface area (TPSA) is 108 Å². The third-order valence-corrected chi connectivity index (χ3v) is 4.37. The molecule has 0 aliphatic heterocycles. The summed E-state index contributed by atoms with van der Waals surface area (Å²) in [4.78, 5) is 21.6. The summed E-state index contributed by atoms with van der Waals surface area (Å²) < 4.78 is 36.1. The highest BCUT2D eigenvalue weighted by Crippen LogP contribution is 2.37. The van der Waals surface area contributed by atoms with Crippen LogP contribution in [0.5, 0.6) is 5.88 Å². The number of carbonyl (C=O) groups is 1. The average Bonchev–Trinajstić information content (AvgIpc) is 3.03. The van der Waals surface area contributed by atoms with E-state index in [9.17, 15) is 13.6 Å². The Kier molecular flexibility index (Phi) is 5.80. The molecule has 0 fully saturated rings. The molecule has 154 valence electrons. The smallest absolute Gasteiger partial charge is 0.388 e. The molecule has 0 radical (unpaired) electrons. The van der Waals surface area contributed by atoms with Crippen molar-refractivity contribution in [1.82, 2.24) is 19.6 Å². The SMILES string of the molecule is COC(C)c1c(N(C(N)=O)c2cnc(OC(F)F)c(Cl)c2)cnn2cc(C)nc12. The van der Waals surface area contributed by atoms with Gasteiger partial charge in [0, 0.05) is 7.11 Å². The lowest BCUT2D eigenvalue weighted by molar-refractivity contribution is -0.0527. The molecule has 29 heavy (non-hydrogen) atoms. The highest BCUT2D eigenvalue weighted by atomic mass is 35.5. The summed E-state index contributed by atoms with van der Waals surface area (Å²) in [5, 5.41) is 4.04. The Morgan fingerprint density at radius 2 is 2.10 bits per heavy atom.